The van der Waals surface area contributed by atoms with E-state index in [4.69, 9.17) is 10.5 Å². The number of nitrogens with zero attached hydrogens (tertiary/aromatic N) is 1. The standard InChI is InChI=1S/C10H9BrFN3O2/c1-17-9-5(11)2-6(12)7(8(9)16)4-3-14-15-10(4)13/h2-3,16H,1H3,(H3,13,14,15). The number of halogens is 2. The third kappa shape index (κ3) is 1.82. The fraction of sp³-hybridized carbons (Fsp3) is 0.100. The monoisotopic (exact) mass is 301 g/mol. The van der Waals surface area contributed by atoms with Crippen LogP contribution in [0.5, 0.6) is 11.5 Å². The number of hydrogen-bond acceptors (Lipinski definition) is 4. The highest BCUT2D eigenvalue weighted by atomic mass is 79.9. The van der Waals surface area contributed by atoms with Crippen LogP contribution in [0, 0.1) is 5.82 Å². The fourth-order valence-corrected chi connectivity index (χ4v) is 2.09. The molecule has 1 heterocycles. The highest BCUT2D eigenvalue weighted by molar-refractivity contribution is 9.10. The van der Waals surface area contributed by atoms with Gasteiger partial charge in [0.25, 0.3) is 0 Å². The molecule has 17 heavy (non-hydrogen) atoms. The van der Waals surface area contributed by atoms with Gasteiger partial charge in [-0.1, -0.05) is 0 Å². The van der Waals surface area contributed by atoms with Gasteiger partial charge in [0.1, 0.15) is 11.6 Å². The molecule has 0 unspecified atom stereocenters. The lowest BCUT2D eigenvalue weighted by atomic mass is 10.1. The molecule has 0 saturated carbocycles. The molecule has 0 atom stereocenters. The number of nitrogen functional groups attached to an aromatic ring is 1. The molecule has 0 aliphatic heterocycles. The number of methoxy groups -OCH3 is 1. The van der Waals surface area contributed by atoms with Crippen LogP contribution in [0.3, 0.4) is 0 Å². The summed E-state index contributed by atoms with van der Waals surface area (Å²) in [5.74, 6) is -0.638. The van der Waals surface area contributed by atoms with Crippen LogP contribution >= 0.6 is 15.9 Å². The summed E-state index contributed by atoms with van der Waals surface area (Å²) in [7, 11) is 1.38. The Balaban J connectivity index is 2.74. The molecule has 2 aromatic rings. The second-order valence-electron chi connectivity index (χ2n) is 3.29. The van der Waals surface area contributed by atoms with E-state index in [0.717, 1.165) is 0 Å². The summed E-state index contributed by atoms with van der Waals surface area (Å²) in [6, 6.07) is 1.19. The van der Waals surface area contributed by atoms with Crippen LogP contribution in [0.1, 0.15) is 0 Å². The lowest BCUT2D eigenvalue weighted by Crippen LogP contribution is -1.94. The van der Waals surface area contributed by atoms with Crippen molar-refractivity contribution in [2.24, 2.45) is 0 Å². The Hall–Kier alpha value is -1.76. The summed E-state index contributed by atoms with van der Waals surface area (Å²) in [6.07, 6.45) is 1.33. The number of ether oxygens (including phenoxy) is 1. The summed E-state index contributed by atoms with van der Waals surface area (Å²) in [5.41, 5.74) is 5.83. The number of benzene rings is 1. The molecule has 0 fully saturated rings. The first-order valence-corrected chi connectivity index (χ1v) is 5.39. The predicted molar refractivity (Wildman–Crippen MR) is 64.3 cm³/mol. The highest BCUT2D eigenvalue weighted by Crippen LogP contribution is 2.44. The number of anilines is 1. The van der Waals surface area contributed by atoms with Crippen LogP contribution < -0.4 is 10.5 Å². The van der Waals surface area contributed by atoms with Crippen molar-refractivity contribution in [3.05, 3.63) is 22.6 Å². The normalized spacial score (nSPS) is 10.5. The third-order valence-electron chi connectivity index (χ3n) is 2.30. The first kappa shape index (κ1) is 11.7. The van der Waals surface area contributed by atoms with Crippen molar-refractivity contribution in [2.75, 3.05) is 12.8 Å². The molecule has 1 aromatic heterocycles. The molecule has 0 aliphatic rings. The van der Waals surface area contributed by atoms with Crippen molar-refractivity contribution >= 4 is 21.7 Å². The summed E-state index contributed by atoms with van der Waals surface area (Å²) in [4.78, 5) is 0. The van der Waals surface area contributed by atoms with Gasteiger partial charge in [-0.15, -0.1) is 0 Å². The minimum absolute atomic E-state index is 0.0451. The van der Waals surface area contributed by atoms with E-state index in [9.17, 15) is 9.50 Å². The minimum Gasteiger partial charge on any atom is -0.504 e. The van der Waals surface area contributed by atoms with Gasteiger partial charge in [0, 0.05) is 0 Å². The Kier molecular flexibility index (Phi) is 2.93. The second kappa shape index (κ2) is 4.25. The molecule has 4 N–H and O–H groups in total. The van der Waals surface area contributed by atoms with Crippen LogP contribution in [0.25, 0.3) is 11.1 Å². The third-order valence-corrected chi connectivity index (χ3v) is 2.89. The number of rotatable bonds is 2. The van der Waals surface area contributed by atoms with Gasteiger partial charge in [0.05, 0.1) is 28.9 Å². The Bertz CT molecular complexity index is 571. The first-order valence-electron chi connectivity index (χ1n) is 4.60. The Morgan fingerprint density at radius 2 is 2.29 bits per heavy atom. The number of hydrogen-bond donors (Lipinski definition) is 3. The van der Waals surface area contributed by atoms with Crippen molar-refractivity contribution in [1.82, 2.24) is 10.2 Å². The summed E-state index contributed by atoms with van der Waals surface area (Å²) < 4.78 is 19.1. The molecule has 0 spiro atoms. The molecular weight excluding hydrogens is 293 g/mol. The maximum Gasteiger partial charge on any atom is 0.175 e. The van der Waals surface area contributed by atoms with E-state index in [1.54, 1.807) is 0 Å². The molecule has 7 heteroatoms. The quantitative estimate of drug-likeness (QED) is 0.794. The number of aromatic hydroxyl groups is 1. The van der Waals surface area contributed by atoms with Crippen molar-refractivity contribution in [2.45, 2.75) is 0 Å². The van der Waals surface area contributed by atoms with E-state index in [-0.39, 0.29) is 28.4 Å². The Labute approximate surface area is 105 Å². The highest BCUT2D eigenvalue weighted by Gasteiger charge is 2.21. The maximum absolute atomic E-state index is 13.8. The first-order chi connectivity index (χ1) is 8.06. The van der Waals surface area contributed by atoms with Crippen LogP contribution in [0.4, 0.5) is 10.2 Å². The van der Waals surface area contributed by atoms with Crippen LogP contribution in [-0.2, 0) is 0 Å². The predicted octanol–water partition coefficient (Wildman–Crippen LogP) is 2.27. The fourth-order valence-electron chi connectivity index (χ4n) is 1.53. The molecule has 0 saturated heterocycles. The summed E-state index contributed by atoms with van der Waals surface area (Å²) in [6.45, 7) is 0. The number of H-pyrrole nitrogens is 1. The number of phenols is 1. The number of aromatic amines is 1. The van der Waals surface area contributed by atoms with E-state index >= 15 is 0 Å². The zero-order chi connectivity index (χ0) is 12.6. The second-order valence-corrected chi connectivity index (χ2v) is 4.15. The van der Waals surface area contributed by atoms with Gasteiger partial charge in [-0.2, -0.15) is 5.10 Å². The van der Waals surface area contributed by atoms with E-state index < -0.39 is 5.82 Å². The summed E-state index contributed by atoms with van der Waals surface area (Å²) >= 11 is 3.09. The van der Waals surface area contributed by atoms with Crippen LogP contribution in [0.15, 0.2) is 16.7 Å². The van der Waals surface area contributed by atoms with Crippen molar-refractivity contribution in [1.29, 1.82) is 0 Å². The van der Waals surface area contributed by atoms with Gasteiger partial charge >= 0.3 is 0 Å². The number of phenolic OH excluding ortho intramolecular Hbond substituents is 1. The topological polar surface area (TPSA) is 84.2 Å². The van der Waals surface area contributed by atoms with Gasteiger partial charge in [0.15, 0.2) is 11.5 Å². The molecule has 5 nitrogen and oxygen atoms in total. The molecule has 0 radical (unpaired) electrons. The van der Waals surface area contributed by atoms with Crippen molar-refractivity contribution < 1.29 is 14.2 Å². The maximum atomic E-state index is 13.8. The van der Waals surface area contributed by atoms with E-state index in [0.29, 0.717) is 4.47 Å². The van der Waals surface area contributed by atoms with Gasteiger partial charge in [0.2, 0.25) is 0 Å². The molecule has 0 amide bonds. The van der Waals surface area contributed by atoms with Crippen molar-refractivity contribution in [3.8, 4) is 22.6 Å². The van der Waals surface area contributed by atoms with Crippen molar-refractivity contribution in [3.63, 3.8) is 0 Å². The van der Waals surface area contributed by atoms with E-state index in [1.807, 2.05) is 0 Å². The minimum atomic E-state index is -0.622. The number of nitrogens with one attached hydrogen (secondary N) is 1. The molecule has 1 aromatic carbocycles. The van der Waals surface area contributed by atoms with Gasteiger partial charge in [-0.3, -0.25) is 5.10 Å². The average Bonchev–Trinajstić information content (AvgIpc) is 2.65. The largest absolute Gasteiger partial charge is 0.504 e. The lowest BCUT2D eigenvalue weighted by Gasteiger charge is -2.11. The van der Waals surface area contributed by atoms with Gasteiger partial charge in [-0.25, -0.2) is 4.39 Å². The molecule has 0 bridgehead atoms. The molecule has 0 aliphatic carbocycles. The van der Waals surface area contributed by atoms with Crippen LogP contribution in [0.2, 0.25) is 0 Å². The van der Waals surface area contributed by atoms with Crippen LogP contribution in [-0.4, -0.2) is 22.4 Å². The lowest BCUT2D eigenvalue weighted by molar-refractivity contribution is 0.370. The Morgan fingerprint density at radius 1 is 1.59 bits per heavy atom. The zero-order valence-corrected chi connectivity index (χ0v) is 10.4. The Morgan fingerprint density at radius 3 is 2.82 bits per heavy atom. The molecule has 2 rings (SSSR count). The van der Waals surface area contributed by atoms with Gasteiger partial charge < -0.3 is 15.6 Å². The van der Waals surface area contributed by atoms with E-state index in [2.05, 4.69) is 26.1 Å². The molecular formula is C10H9BrFN3O2. The number of nitrogens with two attached hydrogens (primary N) is 1. The smallest absolute Gasteiger partial charge is 0.175 e. The average molecular weight is 302 g/mol. The van der Waals surface area contributed by atoms with Gasteiger partial charge in [-0.05, 0) is 22.0 Å². The zero-order valence-electron chi connectivity index (χ0n) is 8.79. The summed E-state index contributed by atoms with van der Waals surface area (Å²) in [5, 5.41) is 16.1. The SMILES string of the molecule is COc1c(Br)cc(F)c(-c2cn[nH]c2N)c1O. The molecule has 90 valence electrons. The van der Waals surface area contributed by atoms with E-state index in [1.165, 1.54) is 19.4 Å². The number of aromatic nitrogens is 2.